The molecular weight excluding hydrogens is 456 g/mol. The predicted octanol–water partition coefficient (Wildman–Crippen LogP) is 3.48. The van der Waals surface area contributed by atoms with Gasteiger partial charge in [0.1, 0.15) is 28.8 Å². The first kappa shape index (κ1) is 22.7. The summed E-state index contributed by atoms with van der Waals surface area (Å²) < 4.78 is 61.0. The van der Waals surface area contributed by atoms with Crippen LogP contribution < -0.4 is 5.32 Å². The number of ether oxygens (including phenoxy) is 1. The molecule has 0 aromatic carbocycles. The van der Waals surface area contributed by atoms with Crippen LogP contribution in [0.15, 0.2) is 30.9 Å². The normalized spacial score (nSPS) is 23.3. The molecule has 1 saturated carbocycles. The average molecular weight is 478 g/mol. The topological polar surface area (TPSA) is 88.8 Å². The molecule has 1 saturated heterocycles. The van der Waals surface area contributed by atoms with Crippen LogP contribution in [0, 0.1) is 12.7 Å². The Bertz CT molecular complexity index is 1270. The highest BCUT2D eigenvalue weighted by Gasteiger charge is 2.48. The number of aromatic nitrogens is 3. The van der Waals surface area contributed by atoms with Gasteiger partial charge in [-0.1, -0.05) is 0 Å². The lowest BCUT2D eigenvalue weighted by atomic mass is 9.82. The van der Waals surface area contributed by atoms with Crippen molar-refractivity contribution in [3.8, 4) is 0 Å². The number of aliphatic hydroxyl groups is 1. The molecule has 2 unspecified atom stereocenters. The quantitative estimate of drug-likeness (QED) is 0.561. The molecule has 1 amide bonds. The van der Waals surface area contributed by atoms with Crippen LogP contribution in [0.3, 0.4) is 0 Å². The molecular formula is C23H22F4N4O3. The van der Waals surface area contributed by atoms with E-state index in [0.717, 1.165) is 18.4 Å². The Morgan fingerprint density at radius 3 is 2.68 bits per heavy atom. The van der Waals surface area contributed by atoms with E-state index in [1.54, 1.807) is 23.7 Å². The first-order chi connectivity index (χ1) is 16.1. The maximum atomic E-state index is 15.0. The third-order valence-corrected chi connectivity index (χ3v) is 6.51. The van der Waals surface area contributed by atoms with Crippen LogP contribution in [0.2, 0.25) is 0 Å². The van der Waals surface area contributed by atoms with E-state index >= 15 is 0 Å². The number of carbonyl (C=O) groups excluding carboxylic acids is 1. The molecule has 0 spiro atoms. The summed E-state index contributed by atoms with van der Waals surface area (Å²) in [6, 6.07) is 0.318. The van der Waals surface area contributed by atoms with Gasteiger partial charge >= 0.3 is 6.18 Å². The number of fused-ring (bicyclic) bond motifs is 1. The van der Waals surface area contributed by atoms with Crippen LogP contribution in [-0.2, 0) is 16.5 Å². The third kappa shape index (κ3) is 3.82. The summed E-state index contributed by atoms with van der Waals surface area (Å²) in [4.78, 5) is 21.6. The number of aryl methyl sites for hydroxylation is 1. The first-order valence-corrected chi connectivity index (χ1v) is 10.9. The van der Waals surface area contributed by atoms with Gasteiger partial charge in [-0.2, -0.15) is 13.2 Å². The van der Waals surface area contributed by atoms with E-state index in [4.69, 9.17) is 4.74 Å². The minimum Gasteiger partial charge on any atom is -0.388 e. The molecule has 2 fully saturated rings. The Morgan fingerprint density at radius 1 is 1.26 bits per heavy atom. The monoisotopic (exact) mass is 478 g/mol. The van der Waals surface area contributed by atoms with Gasteiger partial charge in [-0.3, -0.25) is 9.78 Å². The Balaban J connectivity index is 1.54. The van der Waals surface area contributed by atoms with Gasteiger partial charge in [0.2, 0.25) is 0 Å². The van der Waals surface area contributed by atoms with Crippen molar-refractivity contribution in [3.63, 3.8) is 0 Å². The number of hydrogen-bond acceptors (Lipinski definition) is 5. The number of carbonyl (C=O) groups is 1. The second-order valence-electron chi connectivity index (χ2n) is 8.90. The van der Waals surface area contributed by atoms with Crippen molar-refractivity contribution >= 4 is 11.6 Å². The van der Waals surface area contributed by atoms with Gasteiger partial charge in [-0.25, -0.2) is 9.37 Å². The van der Waals surface area contributed by atoms with E-state index < -0.39 is 40.8 Å². The third-order valence-electron chi connectivity index (χ3n) is 6.51. The number of alkyl halides is 3. The lowest BCUT2D eigenvalue weighted by molar-refractivity contribution is -0.138. The molecule has 3 aromatic heterocycles. The highest BCUT2D eigenvalue weighted by molar-refractivity contribution is 6.02. The number of amides is 1. The Kier molecular flexibility index (Phi) is 5.36. The van der Waals surface area contributed by atoms with Crippen LogP contribution in [-0.4, -0.2) is 44.7 Å². The van der Waals surface area contributed by atoms with E-state index in [-0.39, 0.29) is 25.2 Å². The number of pyridine rings is 1. The summed E-state index contributed by atoms with van der Waals surface area (Å²) in [7, 11) is 0. The lowest BCUT2D eigenvalue weighted by Gasteiger charge is -2.41. The predicted molar refractivity (Wildman–Crippen MR) is 112 cm³/mol. The zero-order valence-electron chi connectivity index (χ0n) is 18.2. The van der Waals surface area contributed by atoms with Gasteiger partial charge in [0, 0.05) is 37.8 Å². The number of hydrogen-bond donors (Lipinski definition) is 2. The summed E-state index contributed by atoms with van der Waals surface area (Å²) in [5.41, 5.74) is -1.23. The van der Waals surface area contributed by atoms with Crippen molar-refractivity contribution in [2.45, 2.75) is 49.9 Å². The minimum absolute atomic E-state index is 0.0397. The van der Waals surface area contributed by atoms with E-state index in [0.29, 0.717) is 29.4 Å². The fourth-order valence-electron chi connectivity index (χ4n) is 4.51. The minimum atomic E-state index is -4.79. The van der Waals surface area contributed by atoms with Crippen molar-refractivity contribution in [2.24, 2.45) is 0 Å². The number of nitrogens with zero attached hydrogens (tertiary/aromatic N) is 3. The molecule has 180 valence electrons. The Labute approximate surface area is 191 Å². The highest BCUT2D eigenvalue weighted by Crippen LogP contribution is 2.40. The van der Waals surface area contributed by atoms with Crippen LogP contribution in [0.5, 0.6) is 0 Å². The molecule has 1 aliphatic carbocycles. The molecule has 2 atom stereocenters. The number of nitrogens with one attached hydrogen (secondary N) is 1. The van der Waals surface area contributed by atoms with Gasteiger partial charge in [0.15, 0.2) is 0 Å². The lowest BCUT2D eigenvalue weighted by Crippen LogP contribution is -2.59. The second-order valence-corrected chi connectivity index (χ2v) is 8.90. The molecule has 11 heteroatoms. The fraction of sp³-hybridized carbons (Fsp3) is 0.435. The second kappa shape index (κ2) is 8.02. The number of rotatable bonds is 4. The van der Waals surface area contributed by atoms with E-state index in [1.807, 2.05) is 6.20 Å². The smallest absolute Gasteiger partial charge is 0.388 e. The van der Waals surface area contributed by atoms with Gasteiger partial charge < -0.3 is 19.6 Å². The number of halogens is 4. The van der Waals surface area contributed by atoms with Crippen molar-refractivity contribution < 1.29 is 32.2 Å². The van der Waals surface area contributed by atoms with Gasteiger partial charge in [0.25, 0.3) is 5.91 Å². The molecule has 4 heterocycles. The largest absolute Gasteiger partial charge is 0.417 e. The summed E-state index contributed by atoms with van der Waals surface area (Å²) >= 11 is 0. The van der Waals surface area contributed by atoms with Crippen molar-refractivity contribution in [1.29, 1.82) is 0 Å². The maximum Gasteiger partial charge on any atom is 0.417 e. The SMILES string of the molecule is Cc1cn2cc(C3CC3)cnc2c1C(=O)NC1(c2ncc(C(F)(F)F)cc2F)CCOCC1O. The van der Waals surface area contributed by atoms with Crippen molar-refractivity contribution in [2.75, 3.05) is 13.2 Å². The molecule has 3 aromatic rings. The van der Waals surface area contributed by atoms with E-state index in [1.165, 1.54) is 0 Å². The van der Waals surface area contributed by atoms with Crippen molar-refractivity contribution in [3.05, 3.63) is 64.6 Å². The van der Waals surface area contributed by atoms with Gasteiger partial charge in [-0.15, -0.1) is 0 Å². The molecule has 5 rings (SSSR count). The van der Waals surface area contributed by atoms with Gasteiger partial charge in [-0.05, 0) is 42.9 Å². The summed E-state index contributed by atoms with van der Waals surface area (Å²) in [5, 5.41) is 13.4. The number of aliphatic hydroxyl groups excluding tert-OH is 1. The van der Waals surface area contributed by atoms with Crippen LogP contribution >= 0.6 is 0 Å². The molecule has 2 N–H and O–H groups in total. The van der Waals surface area contributed by atoms with E-state index in [2.05, 4.69) is 15.3 Å². The zero-order chi connectivity index (χ0) is 24.3. The molecule has 0 bridgehead atoms. The Hall–Kier alpha value is -3.05. The molecule has 2 aliphatic rings. The van der Waals surface area contributed by atoms with Gasteiger partial charge in [0.05, 0.1) is 17.7 Å². The first-order valence-electron chi connectivity index (χ1n) is 10.9. The fourth-order valence-corrected chi connectivity index (χ4v) is 4.51. The van der Waals surface area contributed by atoms with Crippen LogP contribution in [0.4, 0.5) is 17.6 Å². The zero-order valence-corrected chi connectivity index (χ0v) is 18.2. The molecule has 7 nitrogen and oxygen atoms in total. The summed E-state index contributed by atoms with van der Waals surface area (Å²) in [5.74, 6) is -1.46. The summed E-state index contributed by atoms with van der Waals surface area (Å²) in [6.45, 7) is 1.52. The van der Waals surface area contributed by atoms with E-state index in [9.17, 15) is 27.5 Å². The van der Waals surface area contributed by atoms with Crippen LogP contribution in [0.25, 0.3) is 5.65 Å². The van der Waals surface area contributed by atoms with Crippen LogP contribution in [0.1, 0.15) is 57.9 Å². The highest BCUT2D eigenvalue weighted by atomic mass is 19.4. The Morgan fingerprint density at radius 2 is 2.03 bits per heavy atom. The van der Waals surface area contributed by atoms with Crippen molar-refractivity contribution in [1.82, 2.24) is 19.7 Å². The maximum absolute atomic E-state index is 15.0. The average Bonchev–Trinajstić information content (AvgIpc) is 3.56. The summed E-state index contributed by atoms with van der Waals surface area (Å²) in [6.07, 6.45) is 1.77. The standard InChI is InChI=1S/C23H22F4N4O3/c1-12-9-31-10-14(13-2-3-13)7-29-20(31)18(12)21(33)30-22(4-5-34-11-17(22)32)19-16(24)6-15(8-28-19)23(25,26)27/h6-10,13,17,32H,2-5,11H2,1H3,(H,30,33). The molecule has 1 aliphatic heterocycles. The molecule has 34 heavy (non-hydrogen) atoms. The molecule has 0 radical (unpaired) electrons.